The fourth-order valence-electron chi connectivity index (χ4n) is 1.22. The SMILES string of the molecule is C/C(=C\Cl)CN[C@@H](C)c1ccc(Cl)cc1. The highest BCUT2D eigenvalue weighted by atomic mass is 35.5. The van der Waals surface area contributed by atoms with Crippen LogP contribution in [0.5, 0.6) is 0 Å². The second kappa shape index (κ2) is 6.16. The average Bonchev–Trinajstić information content (AvgIpc) is 2.26. The highest BCUT2D eigenvalue weighted by Crippen LogP contribution is 2.16. The first-order valence-corrected chi connectivity index (χ1v) is 5.69. The van der Waals surface area contributed by atoms with Gasteiger partial charge in [-0.05, 0) is 37.1 Å². The van der Waals surface area contributed by atoms with Gasteiger partial charge in [0.15, 0.2) is 0 Å². The summed E-state index contributed by atoms with van der Waals surface area (Å²) in [7, 11) is 0. The predicted molar refractivity (Wildman–Crippen MR) is 67.5 cm³/mol. The molecule has 1 atom stereocenters. The van der Waals surface area contributed by atoms with E-state index in [-0.39, 0.29) is 0 Å². The lowest BCUT2D eigenvalue weighted by atomic mass is 10.1. The molecular weight excluding hydrogens is 229 g/mol. The highest BCUT2D eigenvalue weighted by molar-refractivity contribution is 6.30. The summed E-state index contributed by atoms with van der Waals surface area (Å²) in [5, 5.41) is 4.14. The van der Waals surface area contributed by atoms with Crippen molar-refractivity contribution < 1.29 is 0 Å². The molecule has 0 saturated carbocycles. The third-order valence-electron chi connectivity index (χ3n) is 2.24. The number of rotatable bonds is 4. The summed E-state index contributed by atoms with van der Waals surface area (Å²) in [6.45, 7) is 4.91. The van der Waals surface area contributed by atoms with Crippen LogP contribution in [0.4, 0.5) is 0 Å². The van der Waals surface area contributed by atoms with Crippen LogP contribution in [0.3, 0.4) is 0 Å². The van der Waals surface area contributed by atoms with Gasteiger partial charge in [0.2, 0.25) is 0 Å². The van der Waals surface area contributed by atoms with Gasteiger partial charge in [0, 0.05) is 23.1 Å². The van der Waals surface area contributed by atoms with E-state index in [2.05, 4.69) is 12.2 Å². The predicted octanol–water partition coefficient (Wildman–Crippen LogP) is 4.13. The maximum atomic E-state index is 5.82. The van der Waals surface area contributed by atoms with Crippen molar-refractivity contribution in [1.29, 1.82) is 0 Å². The van der Waals surface area contributed by atoms with Crippen molar-refractivity contribution in [2.24, 2.45) is 0 Å². The molecule has 0 amide bonds. The van der Waals surface area contributed by atoms with Crippen molar-refractivity contribution in [1.82, 2.24) is 5.32 Å². The molecule has 1 N–H and O–H groups in total. The Hall–Kier alpha value is -0.500. The zero-order valence-corrected chi connectivity index (χ0v) is 10.4. The quantitative estimate of drug-likeness (QED) is 0.839. The van der Waals surface area contributed by atoms with Crippen molar-refractivity contribution >= 4 is 23.2 Å². The van der Waals surface area contributed by atoms with Gasteiger partial charge in [-0.15, -0.1) is 0 Å². The van der Waals surface area contributed by atoms with Gasteiger partial charge in [0.25, 0.3) is 0 Å². The van der Waals surface area contributed by atoms with Crippen LogP contribution in [0.2, 0.25) is 5.02 Å². The minimum Gasteiger partial charge on any atom is -0.306 e. The molecular formula is C12H15Cl2N. The number of hydrogen-bond acceptors (Lipinski definition) is 1. The molecule has 15 heavy (non-hydrogen) atoms. The zero-order chi connectivity index (χ0) is 11.3. The summed E-state index contributed by atoms with van der Waals surface area (Å²) in [5.74, 6) is 0. The van der Waals surface area contributed by atoms with Crippen LogP contribution in [0.15, 0.2) is 35.4 Å². The first-order chi connectivity index (χ1) is 7.13. The summed E-state index contributed by atoms with van der Waals surface area (Å²) < 4.78 is 0. The van der Waals surface area contributed by atoms with Crippen molar-refractivity contribution in [3.63, 3.8) is 0 Å². The van der Waals surface area contributed by atoms with Crippen LogP contribution in [0, 0.1) is 0 Å². The number of nitrogens with one attached hydrogen (secondary N) is 1. The maximum Gasteiger partial charge on any atom is 0.0406 e. The lowest BCUT2D eigenvalue weighted by molar-refractivity contribution is 0.607. The van der Waals surface area contributed by atoms with Crippen LogP contribution >= 0.6 is 23.2 Å². The number of benzene rings is 1. The Balaban J connectivity index is 2.53. The summed E-state index contributed by atoms with van der Waals surface area (Å²) in [6.07, 6.45) is 0. The van der Waals surface area contributed by atoms with E-state index in [1.54, 1.807) is 5.54 Å². The van der Waals surface area contributed by atoms with Crippen LogP contribution in [-0.4, -0.2) is 6.54 Å². The van der Waals surface area contributed by atoms with Gasteiger partial charge in [-0.2, -0.15) is 0 Å². The molecule has 0 saturated heterocycles. The Morgan fingerprint density at radius 3 is 2.53 bits per heavy atom. The first-order valence-electron chi connectivity index (χ1n) is 4.88. The van der Waals surface area contributed by atoms with Crippen LogP contribution in [0.1, 0.15) is 25.5 Å². The maximum absolute atomic E-state index is 5.82. The molecule has 0 radical (unpaired) electrons. The molecule has 0 bridgehead atoms. The van der Waals surface area contributed by atoms with E-state index in [4.69, 9.17) is 23.2 Å². The van der Waals surface area contributed by atoms with Gasteiger partial charge in [-0.3, -0.25) is 0 Å². The molecule has 1 nitrogen and oxygen atoms in total. The van der Waals surface area contributed by atoms with Crippen molar-refractivity contribution in [2.75, 3.05) is 6.54 Å². The molecule has 0 heterocycles. The van der Waals surface area contributed by atoms with E-state index in [0.29, 0.717) is 6.04 Å². The standard InChI is InChI=1S/C12H15Cl2N/c1-9(7-13)8-15-10(2)11-3-5-12(14)6-4-11/h3-7,10,15H,8H2,1-2H3/b9-7+/t10-/m0/s1. The van der Waals surface area contributed by atoms with Crippen LogP contribution in [0.25, 0.3) is 0 Å². The fourth-order valence-corrected chi connectivity index (χ4v) is 1.43. The molecule has 82 valence electrons. The van der Waals surface area contributed by atoms with E-state index in [0.717, 1.165) is 17.1 Å². The first kappa shape index (κ1) is 12.6. The second-order valence-electron chi connectivity index (χ2n) is 3.61. The van der Waals surface area contributed by atoms with Crippen LogP contribution in [-0.2, 0) is 0 Å². The zero-order valence-electron chi connectivity index (χ0n) is 8.93. The molecule has 1 aromatic rings. The van der Waals surface area contributed by atoms with Gasteiger partial charge < -0.3 is 5.32 Å². The largest absolute Gasteiger partial charge is 0.306 e. The monoisotopic (exact) mass is 243 g/mol. The number of halogens is 2. The van der Waals surface area contributed by atoms with Crippen molar-refractivity contribution in [2.45, 2.75) is 19.9 Å². The van der Waals surface area contributed by atoms with E-state index < -0.39 is 0 Å². The lowest BCUT2D eigenvalue weighted by Gasteiger charge is -2.14. The van der Waals surface area contributed by atoms with E-state index in [9.17, 15) is 0 Å². The topological polar surface area (TPSA) is 12.0 Å². The van der Waals surface area contributed by atoms with Crippen LogP contribution < -0.4 is 5.32 Å². The molecule has 0 aliphatic rings. The average molecular weight is 244 g/mol. The number of hydrogen-bond donors (Lipinski definition) is 1. The Labute approximate surface area is 101 Å². The van der Waals surface area contributed by atoms with Crippen molar-refractivity contribution in [3.05, 3.63) is 46.0 Å². The molecule has 1 aromatic carbocycles. The second-order valence-corrected chi connectivity index (χ2v) is 4.26. The fraction of sp³-hybridized carbons (Fsp3) is 0.333. The Morgan fingerprint density at radius 2 is 2.00 bits per heavy atom. The highest BCUT2D eigenvalue weighted by Gasteiger charge is 2.03. The molecule has 1 rings (SSSR count). The molecule has 0 aromatic heterocycles. The summed E-state index contributed by atoms with van der Waals surface area (Å²) in [4.78, 5) is 0. The Kier molecular flexibility index (Phi) is 5.16. The molecule has 0 spiro atoms. The van der Waals surface area contributed by atoms with E-state index >= 15 is 0 Å². The van der Waals surface area contributed by atoms with Gasteiger partial charge in [-0.1, -0.05) is 35.3 Å². The molecule has 0 aliphatic heterocycles. The van der Waals surface area contributed by atoms with Gasteiger partial charge in [-0.25, -0.2) is 0 Å². The molecule has 0 fully saturated rings. The smallest absolute Gasteiger partial charge is 0.0406 e. The molecule has 0 aliphatic carbocycles. The lowest BCUT2D eigenvalue weighted by Crippen LogP contribution is -2.20. The van der Waals surface area contributed by atoms with Gasteiger partial charge in [0.1, 0.15) is 0 Å². The molecule has 0 unspecified atom stereocenters. The third kappa shape index (κ3) is 4.25. The van der Waals surface area contributed by atoms with Gasteiger partial charge in [0.05, 0.1) is 0 Å². The summed E-state index contributed by atoms with van der Waals surface area (Å²) in [5.41, 5.74) is 3.95. The summed E-state index contributed by atoms with van der Waals surface area (Å²) in [6, 6.07) is 8.16. The van der Waals surface area contributed by atoms with Gasteiger partial charge >= 0.3 is 0 Å². The minimum atomic E-state index is 0.300. The normalized spacial score (nSPS) is 14.0. The van der Waals surface area contributed by atoms with E-state index in [1.165, 1.54) is 5.56 Å². The third-order valence-corrected chi connectivity index (χ3v) is 2.87. The molecule has 3 heteroatoms. The summed E-state index contributed by atoms with van der Waals surface area (Å²) >= 11 is 11.4. The Morgan fingerprint density at radius 1 is 1.40 bits per heavy atom. The van der Waals surface area contributed by atoms with Crippen molar-refractivity contribution in [3.8, 4) is 0 Å². The Bertz CT molecular complexity index is 330. The van der Waals surface area contributed by atoms with E-state index in [1.807, 2.05) is 31.2 Å². The minimum absolute atomic E-state index is 0.300.